The van der Waals surface area contributed by atoms with Gasteiger partial charge in [0.1, 0.15) is 0 Å². The zero-order valence-corrected chi connectivity index (χ0v) is 11.2. The molecule has 2 unspecified atom stereocenters. The van der Waals surface area contributed by atoms with Crippen LogP contribution in [0.15, 0.2) is 30.3 Å². The molecular weight excluding hydrogens is 242 g/mol. The Hall–Kier alpha value is -1.84. The topological polar surface area (TPSA) is 57.6 Å². The maximum absolute atomic E-state index is 12.5. The van der Waals surface area contributed by atoms with Crippen molar-refractivity contribution in [1.82, 2.24) is 4.90 Å². The van der Waals surface area contributed by atoms with Crippen LogP contribution in [-0.2, 0) is 9.59 Å². The Balaban J connectivity index is 2.11. The van der Waals surface area contributed by atoms with Gasteiger partial charge in [0.15, 0.2) is 0 Å². The van der Waals surface area contributed by atoms with Gasteiger partial charge in [-0.25, -0.2) is 0 Å². The summed E-state index contributed by atoms with van der Waals surface area (Å²) >= 11 is 0. The first-order valence-electron chi connectivity index (χ1n) is 6.60. The average molecular weight is 261 g/mol. The molecule has 4 heteroatoms. The second kappa shape index (κ2) is 5.43. The number of rotatable bonds is 3. The molecule has 1 aliphatic rings. The smallest absolute Gasteiger partial charge is 0.308 e. The number of benzene rings is 1. The molecule has 1 amide bonds. The van der Waals surface area contributed by atoms with Crippen LogP contribution in [-0.4, -0.2) is 34.5 Å². The van der Waals surface area contributed by atoms with E-state index in [0.717, 1.165) is 5.56 Å². The lowest BCUT2D eigenvalue weighted by Gasteiger charge is -2.26. The minimum atomic E-state index is -0.810. The normalized spacial score (nSPS) is 24.2. The number of carbonyl (C=O) groups excluding carboxylic acids is 1. The molecule has 0 aromatic heterocycles. The van der Waals surface area contributed by atoms with E-state index in [1.165, 1.54) is 0 Å². The largest absolute Gasteiger partial charge is 0.481 e. The molecule has 1 saturated heterocycles. The van der Waals surface area contributed by atoms with Gasteiger partial charge >= 0.3 is 5.97 Å². The third kappa shape index (κ3) is 2.62. The lowest BCUT2D eigenvalue weighted by molar-refractivity contribution is -0.143. The highest BCUT2D eigenvalue weighted by molar-refractivity contribution is 5.85. The van der Waals surface area contributed by atoms with Crippen molar-refractivity contribution in [3.63, 3.8) is 0 Å². The minimum absolute atomic E-state index is 0.0162. The van der Waals surface area contributed by atoms with Gasteiger partial charge in [-0.05, 0) is 25.8 Å². The van der Waals surface area contributed by atoms with Gasteiger partial charge in [-0.1, -0.05) is 30.3 Å². The van der Waals surface area contributed by atoms with E-state index in [9.17, 15) is 9.59 Å². The molecule has 0 saturated carbocycles. The van der Waals surface area contributed by atoms with Gasteiger partial charge in [0.05, 0.1) is 11.8 Å². The zero-order valence-electron chi connectivity index (χ0n) is 11.2. The van der Waals surface area contributed by atoms with Crippen molar-refractivity contribution in [3.05, 3.63) is 35.9 Å². The van der Waals surface area contributed by atoms with Crippen molar-refractivity contribution < 1.29 is 14.7 Å². The quantitative estimate of drug-likeness (QED) is 0.906. The molecule has 1 fully saturated rings. The van der Waals surface area contributed by atoms with Gasteiger partial charge < -0.3 is 10.0 Å². The fraction of sp³-hybridized carbons (Fsp3) is 0.467. The van der Waals surface area contributed by atoms with E-state index in [1.807, 2.05) is 44.2 Å². The van der Waals surface area contributed by atoms with Gasteiger partial charge in [-0.15, -0.1) is 0 Å². The van der Waals surface area contributed by atoms with E-state index in [4.69, 9.17) is 5.11 Å². The highest BCUT2D eigenvalue weighted by Crippen LogP contribution is 2.28. The molecule has 1 N–H and O–H groups in total. The number of carboxylic acid groups (broad SMARTS) is 1. The molecular formula is C15H19NO3. The standard InChI is InChI=1S/C15H19NO3/c1-10(12-6-4-3-5-7-12)14(17)16-9-8-13(11(16)2)15(18)19/h3-7,10-11,13H,8-9H2,1-2H3,(H,18,19)/t10-,11?,13?/m1/s1. The lowest BCUT2D eigenvalue weighted by atomic mass is 9.98. The van der Waals surface area contributed by atoms with Crippen molar-refractivity contribution in [2.24, 2.45) is 5.92 Å². The molecule has 102 valence electrons. The summed E-state index contributed by atoms with van der Waals surface area (Å²) in [7, 11) is 0. The molecule has 0 aliphatic carbocycles. The molecule has 1 aliphatic heterocycles. The lowest BCUT2D eigenvalue weighted by Crippen LogP contribution is -2.39. The zero-order chi connectivity index (χ0) is 14.0. The van der Waals surface area contributed by atoms with E-state index in [0.29, 0.717) is 13.0 Å². The van der Waals surface area contributed by atoms with E-state index in [1.54, 1.807) is 4.90 Å². The average Bonchev–Trinajstić information content (AvgIpc) is 2.80. The summed E-state index contributed by atoms with van der Waals surface area (Å²) in [4.78, 5) is 25.2. The van der Waals surface area contributed by atoms with E-state index in [2.05, 4.69) is 0 Å². The highest BCUT2D eigenvalue weighted by atomic mass is 16.4. The highest BCUT2D eigenvalue weighted by Gasteiger charge is 2.39. The summed E-state index contributed by atoms with van der Waals surface area (Å²) in [6.45, 7) is 4.23. The second-order valence-electron chi connectivity index (χ2n) is 5.14. The van der Waals surface area contributed by atoms with Crippen molar-refractivity contribution in [3.8, 4) is 0 Å². The summed E-state index contributed by atoms with van der Waals surface area (Å²) in [6.07, 6.45) is 0.545. The van der Waals surface area contributed by atoms with Crippen molar-refractivity contribution in [2.75, 3.05) is 6.54 Å². The van der Waals surface area contributed by atoms with Crippen LogP contribution in [0.25, 0.3) is 0 Å². The number of hydrogen-bond donors (Lipinski definition) is 1. The van der Waals surface area contributed by atoms with Crippen LogP contribution in [0.2, 0.25) is 0 Å². The molecule has 4 nitrogen and oxygen atoms in total. The molecule has 3 atom stereocenters. The maximum atomic E-state index is 12.5. The minimum Gasteiger partial charge on any atom is -0.481 e. The molecule has 0 spiro atoms. The second-order valence-corrected chi connectivity index (χ2v) is 5.14. The molecule has 0 bridgehead atoms. The monoisotopic (exact) mass is 261 g/mol. The predicted octanol–water partition coefficient (Wildman–Crippen LogP) is 2.11. The third-order valence-electron chi connectivity index (χ3n) is 4.03. The van der Waals surface area contributed by atoms with Crippen LogP contribution in [0.5, 0.6) is 0 Å². The summed E-state index contributed by atoms with van der Waals surface area (Å²) in [6, 6.07) is 9.37. The molecule has 19 heavy (non-hydrogen) atoms. The van der Waals surface area contributed by atoms with Gasteiger partial charge in [0.25, 0.3) is 0 Å². The number of aliphatic carboxylic acids is 1. The first kappa shape index (κ1) is 13.6. The Morgan fingerprint density at radius 1 is 1.32 bits per heavy atom. The van der Waals surface area contributed by atoms with Gasteiger partial charge in [0, 0.05) is 12.6 Å². The first-order chi connectivity index (χ1) is 9.02. The number of carboxylic acids is 1. The number of hydrogen-bond acceptors (Lipinski definition) is 2. The van der Waals surface area contributed by atoms with Crippen LogP contribution < -0.4 is 0 Å². The number of carbonyl (C=O) groups is 2. The van der Waals surface area contributed by atoms with E-state index >= 15 is 0 Å². The Kier molecular flexibility index (Phi) is 3.88. The van der Waals surface area contributed by atoms with Crippen molar-refractivity contribution in [2.45, 2.75) is 32.2 Å². The number of nitrogens with zero attached hydrogens (tertiary/aromatic N) is 1. The summed E-state index contributed by atoms with van der Waals surface area (Å²) in [5, 5.41) is 9.10. The molecule has 1 heterocycles. The van der Waals surface area contributed by atoms with Crippen LogP contribution in [0, 0.1) is 5.92 Å². The molecule has 1 aromatic rings. The van der Waals surface area contributed by atoms with E-state index < -0.39 is 11.9 Å². The third-order valence-corrected chi connectivity index (χ3v) is 4.03. The summed E-state index contributed by atoms with van der Waals surface area (Å²) in [5.74, 6) is -1.46. The summed E-state index contributed by atoms with van der Waals surface area (Å²) in [5.41, 5.74) is 0.971. The van der Waals surface area contributed by atoms with Crippen molar-refractivity contribution >= 4 is 11.9 Å². The van der Waals surface area contributed by atoms with Gasteiger partial charge in [0.2, 0.25) is 5.91 Å². The van der Waals surface area contributed by atoms with Gasteiger partial charge in [-0.2, -0.15) is 0 Å². The van der Waals surface area contributed by atoms with Crippen LogP contribution in [0.1, 0.15) is 31.7 Å². The van der Waals surface area contributed by atoms with Crippen LogP contribution >= 0.6 is 0 Å². The van der Waals surface area contributed by atoms with E-state index in [-0.39, 0.29) is 17.9 Å². The molecule has 0 radical (unpaired) electrons. The first-order valence-corrected chi connectivity index (χ1v) is 6.60. The predicted molar refractivity (Wildman–Crippen MR) is 71.8 cm³/mol. The SMILES string of the molecule is CC1C(C(=O)O)CCN1C(=O)[C@H](C)c1ccccc1. The molecule has 1 aromatic carbocycles. The van der Waals surface area contributed by atoms with Crippen LogP contribution in [0.4, 0.5) is 0 Å². The number of amides is 1. The van der Waals surface area contributed by atoms with Crippen molar-refractivity contribution in [1.29, 1.82) is 0 Å². The fourth-order valence-electron chi connectivity index (χ4n) is 2.71. The Bertz CT molecular complexity index is 472. The fourth-order valence-corrected chi connectivity index (χ4v) is 2.71. The van der Waals surface area contributed by atoms with Crippen LogP contribution in [0.3, 0.4) is 0 Å². The Morgan fingerprint density at radius 3 is 2.47 bits per heavy atom. The Labute approximate surface area is 113 Å². The van der Waals surface area contributed by atoms with Gasteiger partial charge in [-0.3, -0.25) is 9.59 Å². The summed E-state index contributed by atoms with van der Waals surface area (Å²) < 4.78 is 0. The Morgan fingerprint density at radius 2 is 1.95 bits per heavy atom. The maximum Gasteiger partial charge on any atom is 0.308 e. The molecule has 2 rings (SSSR count). The number of likely N-dealkylation sites (tertiary alicyclic amines) is 1.